The average molecular weight is 473 g/mol. The highest BCUT2D eigenvalue weighted by molar-refractivity contribution is 5.90. The van der Waals surface area contributed by atoms with Gasteiger partial charge in [-0.15, -0.1) is 0 Å². The Labute approximate surface area is 186 Å². The monoisotopic (exact) mass is 473 g/mol. The van der Waals surface area contributed by atoms with Crippen LogP contribution in [0.25, 0.3) is 0 Å². The van der Waals surface area contributed by atoms with E-state index in [1.54, 1.807) is 13.8 Å². The van der Waals surface area contributed by atoms with Crippen LogP contribution < -0.4 is 5.32 Å². The number of pyridine rings is 1. The van der Waals surface area contributed by atoms with Crippen molar-refractivity contribution in [1.29, 1.82) is 0 Å². The van der Waals surface area contributed by atoms with Gasteiger partial charge in [0.1, 0.15) is 11.4 Å². The predicted octanol–water partition coefficient (Wildman–Crippen LogP) is 4.36. The molecule has 2 aromatic rings. The van der Waals surface area contributed by atoms with Gasteiger partial charge in [-0.2, -0.15) is 13.9 Å². The topological polar surface area (TPSA) is 83.3 Å². The van der Waals surface area contributed by atoms with E-state index in [1.807, 2.05) is 0 Å². The molecule has 0 fully saturated rings. The second kappa shape index (κ2) is 8.23. The van der Waals surface area contributed by atoms with E-state index in [0.717, 1.165) is 16.9 Å². The highest BCUT2D eigenvalue weighted by atomic mass is 19.3. The summed E-state index contributed by atoms with van der Waals surface area (Å²) in [7, 11) is 0. The zero-order valence-corrected chi connectivity index (χ0v) is 18.1. The van der Waals surface area contributed by atoms with Gasteiger partial charge in [-0.1, -0.05) is 6.92 Å². The SMILES string of the molecule is CCC1(O)CCC(F)(F)c2c3c(nn2C1)CC(C)N(C(=O)Nc1ccnc(C(F)F)c1F)C3. The zero-order chi connectivity index (χ0) is 24.1. The molecule has 4 rings (SSSR count). The highest BCUT2D eigenvalue weighted by Gasteiger charge is 2.47. The fourth-order valence-corrected chi connectivity index (χ4v) is 4.44. The number of aliphatic hydroxyl groups is 1. The number of rotatable bonds is 3. The number of hydrogen-bond acceptors (Lipinski definition) is 4. The van der Waals surface area contributed by atoms with Crippen LogP contribution in [0.2, 0.25) is 0 Å². The Kier molecular flexibility index (Phi) is 5.83. The van der Waals surface area contributed by atoms with Crippen molar-refractivity contribution in [3.63, 3.8) is 0 Å². The Hall–Kier alpha value is -2.76. The number of fused-ring (bicyclic) bond motifs is 3. The molecule has 0 saturated carbocycles. The number of anilines is 1. The molecule has 2 aliphatic heterocycles. The van der Waals surface area contributed by atoms with E-state index in [0.29, 0.717) is 5.69 Å². The van der Waals surface area contributed by atoms with E-state index in [4.69, 9.17) is 0 Å². The van der Waals surface area contributed by atoms with E-state index < -0.39 is 53.6 Å². The maximum absolute atomic E-state index is 15.1. The summed E-state index contributed by atoms with van der Waals surface area (Å²) < 4.78 is 71.4. The van der Waals surface area contributed by atoms with Crippen LogP contribution in [0.5, 0.6) is 0 Å². The van der Waals surface area contributed by atoms with E-state index >= 15 is 8.78 Å². The molecule has 0 bridgehead atoms. The second-order valence-corrected chi connectivity index (χ2v) is 8.68. The molecule has 0 spiro atoms. The number of urea groups is 1. The number of alkyl halides is 4. The van der Waals surface area contributed by atoms with Gasteiger partial charge in [-0.3, -0.25) is 9.67 Å². The second-order valence-electron chi connectivity index (χ2n) is 8.68. The Bertz CT molecular complexity index is 1080. The molecule has 4 heterocycles. The number of halogens is 5. The number of carbonyl (C=O) groups is 1. The summed E-state index contributed by atoms with van der Waals surface area (Å²) in [6.07, 6.45) is -2.41. The van der Waals surface area contributed by atoms with Crippen LogP contribution in [0, 0.1) is 5.82 Å². The molecule has 2 atom stereocenters. The summed E-state index contributed by atoms with van der Waals surface area (Å²) >= 11 is 0. The van der Waals surface area contributed by atoms with Crippen LogP contribution in [0.4, 0.5) is 32.4 Å². The van der Waals surface area contributed by atoms with Gasteiger partial charge in [-0.25, -0.2) is 18.0 Å². The Balaban J connectivity index is 1.64. The maximum Gasteiger partial charge on any atom is 0.322 e. The zero-order valence-electron chi connectivity index (χ0n) is 18.1. The molecule has 0 aromatic carbocycles. The van der Waals surface area contributed by atoms with Gasteiger partial charge in [0.2, 0.25) is 0 Å². The fourth-order valence-electron chi connectivity index (χ4n) is 4.44. The van der Waals surface area contributed by atoms with Crippen LogP contribution in [-0.2, 0) is 25.4 Å². The molecule has 0 saturated heterocycles. The Morgan fingerprint density at radius 2 is 2.09 bits per heavy atom. The molecule has 2 unspecified atom stereocenters. The van der Waals surface area contributed by atoms with Crippen molar-refractivity contribution in [3.05, 3.63) is 40.7 Å². The Morgan fingerprint density at radius 3 is 2.76 bits per heavy atom. The van der Waals surface area contributed by atoms with Gasteiger partial charge >= 0.3 is 6.03 Å². The van der Waals surface area contributed by atoms with Crippen LogP contribution in [-0.4, -0.2) is 42.4 Å². The lowest BCUT2D eigenvalue weighted by molar-refractivity contribution is -0.0417. The van der Waals surface area contributed by atoms with Gasteiger partial charge < -0.3 is 15.3 Å². The third-order valence-electron chi connectivity index (χ3n) is 6.46. The van der Waals surface area contributed by atoms with E-state index in [9.17, 15) is 23.1 Å². The first-order chi connectivity index (χ1) is 15.5. The summed E-state index contributed by atoms with van der Waals surface area (Å²) in [5.74, 6) is -4.61. The minimum Gasteiger partial charge on any atom is -0.388 e. The van der Waals surface area contributed by atoms with E-state index in [2.05, 4.69) is 15.4 Å². The van der Waals surface area contributed by atoms with Crippen LogP contribution in [0.1, 0.15) is 62.2 Å². The number of nitrogens with zero attached hydrogens (tertiary/aromatic N) is 4. The fraction of sp³-hybridized carbons (Fsp3) is 0.571. The standard InChI is InChI=1S/C21H24F5N5O2/c1-3-20(33)5-6-21(25,26)17-12-9-30(11(2)8-14(12)29-31(17)10-20)19(32)28-13-4-7-27-16(15(13)22)18(23)24/h4,7,11,18,33H,3,5-6,8-10H2,1-2H3,(H,27,28,32). The summed E-state index contributed by atoms with van der Waals surface area (Å²) in [4.78, 5) is 17.4. The Morgan fingerprint density at radius 1 is 1.36 bits per heavy atom. The number of amides is 2. The largest absolute Gasteiger partial charge is 0.388 e. The van der Waals surface area contributed by atoms with Crippen molar-refractivity contribution in [1.82, 2.24) is 19.7 Å². The number of hydrogen-bond donors (Lipinski definition) is 2. The average Bonchev–Trinajstić information content (AvgIpc) is 3.05. The maximum atomic E-state index is 15.1. The molecule has 2 aromatic heterocycles. The first kappa shape index (κ1) is 23.4. The molecule has 0 aliphatic carbocycles. The minimum absolute atomic E-state index is 0.0827. The van der Waals surface area contributed by atoms with Crippen molar-refractivity contribution in [2.45, 2.75) is 76.6 Å². The van der Waals surface area contributed by atoms with Crippen molar-refractivity contribution >= 4 is 11.7 Å². The molecular formula is C21H24F5N5O2. The van der Waals surface area contributed by atoms with E-state index in [1.165, 1.54) is 4.90 Å². The van der Waals surface area contributed by atoms with Gasteiger partial charge in [0.05, 0.1) is 30.1 Å². The number of aromatic nitrogens is 3. The minimum atomic E-state index is -3.26. The lowest BCUT2D eigenvalue weighted by Gasteiger charge is -2.33. The molecule has 7 nitrogen and oxygen atoms in total. The molecule has 12 heteroatoms. The molecule has 180 valence electrons. The summed E-state index contributed by atoms with van der Waals surface area (Å²) in [5.41, 5.74) is -2.61. The van der Waals surface area contributed by atoms with Gasteiger partial charge in [0.25, 0.3) is 12.3 Å². The van der Waals surface area contributed by atoms with Crippen molar-refractivity contribution in [3.8, 4) is 0 Å². The first-order valence-corrected chi connectivity index (χ1v) is 10.6. The number of carbonyl (C=O) groups excluding carboxylic acids is 1. The quantitative estimate of drug-likeness (QED) is 0.649. The van der Waals surface area contributed by atoms with Gasteiger partial charge in [-0.05, 0) is 25.8 Å². The molecule has 2 amide bonds. The third kappa shape index (κ3) is 4.16. The lowest BCUT2D eigenvalue weighted by atomic mass is 9.92. The third-order valence-corrected chi connectivity index (χ3v) is 6.46. The van der Waals surface area contributed by atoms with Gasteiger partial charge in [0.15, 0.2) is 5.82 Å². The summed E-state index contributed by atoms with van der Waals surface area (Å²) in [6.45, 7) is 3.10. The molecule has 0 radical (unpaired) electrons. The highest BCUT2D eigenvalue weighted by Crippen LogP contribution is 2.43. The van der Waals surface area contributed by atoms with Crippen LogP contribution in [0.15, 0.2) is 12.3 Å². The smallest absolute Gasteiger partial charge is 0.322 e. The molecular weight excluding hydrogens is 449 g/mol. The van der Waals surface area contributed by atoms with Gasteiger partial charge in [0, 0.05) is 30.6 Å². The molecule has 33 heavy (non-hydrogen) atoms. The molecule has 2 aliphatic rings. The van der Waals surface area contributed by atoms with Crippen LogP contribution >= 0.6 is 0 Å². The van der Waals surface area contributed by atoms with Crippen molar-refractivity contribution in [2.75, 3.05) is 5.32 Å². The van der Waals surface area contributed by atoms with E-state index in [-0.39, 0.29) is 43.6 Å². The van der Waals surface area contributed by atoms with Crippen molar-refractivity contribution < 1.29 is 31.9 Å². The first-order valence-electron chi connectivity index (χ1n) is 10.6. The van der Waals surface area contributed by atoms with Crippen LogP contribution in [0.3, 0.4) is 0 Å². The predicted molar refractivity (Wildman–Crippen MR) is 107 cm³/mol. The summed E-state index contributed by atoms with van der Waals surface area (Å²) in [6, 6.07) is -0.250. The normalized spacial score (nSPS) is 24.3. The van der Waals surface area contributed by atoms with Crippen molar-refractivity contribution in [2.24, 2.45) is 0 Å². The number of nitrogens with one attached hydrogen (secondary N) is 1. The lowest BCUT2D eigenvalue weighted by Crippen LogP contribution is -2.45. The summed E-state index contributed by atoms with van der Waals surface area (Å²) in [5, 5.41) is 17.3. The molecule has 2 N–H and O–H groups in total.